The van der Waals surface area contributed by atoms with Crippen molar-refractivity contribution >= 4 is 0 Å². The van der Waals surface area contributed by atoms with Gasteiger partial charge < -0.3 is 5.11 Å². The predicted molar refractivity (Wildman–Crippen MR) is 46.3 cm³/mol. The largest absolute Gasteiger partial charge is 0.403 e. The van der Waals surface area contributed by atoms with Gasteiger partial charge in [0.25, 0.3) is 0 Å². The van der Waals surface area contributed by atoms with Crippen LogP contribution < -0.4 is 0 Å². The summed E-state index contributed by atoms with van der Waals surface area (Å²) in [6.07, 6.45) is -13.7. The summed E-state index contributed by atoms with van der Waals surface area (Å²) in [6.45, 7) is 0. The fourth-order valence-corrected chi connectivity index (χ4v) is 1.43. The first kappa shape index (κ1) is 14.7. The summed E-state index contributed by atoms with van der Waals surface area (Å²) < 4.78 is 74.6. The highest BCUT2D eigenvalue weighted by molar-refractivity contribution is 4.92. The lowest BCUT2D eigenvalue weighted by molar-refractivity contribution is -0.306. The summed E-state index contributed by atoms with van der Waals surface area (Å²) in [5.41, 5.74) is 0. The first-order chi connectivity index (χ1) is 8.03. The van der Waals surface area contributed by atoms with Crippen molar-refractivity contribution < 1.29 is 31.4 Å². The molecule has 4 nitrogen and oxygen atoms in total. The molecule has 0 amide bonds. The van der Waals surface area contributed by atoms with Crippen molar-refractivity contribution in [2.24, 2.45) is 13.0 Å². The van der Waals surface area contributed by atoms with E-state index in [4.69, 9.17) is 5.11 Å². The van der Waals surface area contributed by atoms with Crippen LogP contribution in [0, 0.1) is 5.92 Å². The highest BCUT2D eigenvalue weighted by Gasteiger charge is 2.60. The second kappa shape index (κ2) is 4.75. The smallest absolute Gasteiger partial charge is 0.392 e. The van der Waals surface area contributed by atoms with Gasteiger partial charge in [0, 0.05) is 13.5 Å². The van der Waals surface area contributed by atoms with E-state index in [-0.39, 0.29) is 5.82 Å². The Balaban J connectivity index is 2.91. The number of rotatable bonds is 3. The molecule has 18 heavy (non-hydrogen) atoms. The van der Waals surface area contributed by atoms with Gasteiger partial charge in [0.2, 0.25) is 0 Å². The van der Waals surface area contributed by atoms with Crippen LogP contribution in [0.2, 0.25) is 0 Å². The van der Waals surface area contributed by atoms with Crippen molar-refractivity contribution in [3.63, 3.8) is 0 Å². The minimum absolute atomic E-state index is 0.166. The normalized spacial score (nSPS) is 15.2. The van der Waals surface area contributed by atoms with E-state index in [1.165, 1.54) is 7.05 Å². The van der Waals surface area contributed by atoms with E-state index in [9.17, 15) is 26.3 Å². The third-order valence-corrected chi connectivity index (χ3v) is 2.29. The molecule has 1 atom stereocenters. The maximum Gasteiger partial charge on any atom is 0.403 e. The van der Waals surface area contributed by atoms with E-state index in [0.29, 0.717) is 0 Å². The maximum atomic E-state index is 12.3. The molecule has 1 rings (SSSR count). The van der Waals surface area contributed by atoms with Crippen LogP contribution in [0.1, 0.15) is 5.82 Å². The van der Waals surface area contributed by atoms with E-state index < -0.39 is 30.8 Å². The number of aryl methyl sites for hydroxylation is 1. The number of aromatic nitrogens is 3. The van der Waals surface area contributed by atoms with Gasteiger partial charge in [-0.05, 0) is 0 Å². The van der Waals surface area contributed by atoms with Gasteiger partial charge in [-0.15, -0.1) is 0 Å². The molecule has 0 fully saturated rings. The first-order valence-electron chi connectivity index (χ1n) is 4.68. The molecule has 0 spiro atoms. The van der Waals surface area contributed by atoms with Crippen LogP contribution in [-0.4, -0.2) is 38.3 Å². The lowest BCUT2D eigenvalue weighted by atomic mass is 9.98. The lowest BCUT2D eigenvalue weighted by Gasteiger charge is -2.26. The second-order valence-electron chi connectivity index (χ2n) is 3.63. The van der Waals surface area contributed by atoms with Crippen LogP contribution in [0.15, 0.2) is 6.33 Å². The molecular weight excluding hydrogens is 268 g/mol. The van der Waals surface area contributed by atoms with Crippen molar-refractivity contribution in [2.45, 2.75) is 24.9 Å². The average molecular weight is 277 g/mol. The molecule has 1 aromatic heterocycles. The van der Waals surface area contributed by atoms with Gasteiger partial charge in [0.1, 0.15) is 12.2 Å². The molecule has 0 bridgehead atoms. The van der Waals surface area contributed by atoms with E-state index in [2.05, 4.69) is 10.1 Å². The van der Waals surface area contributed by atoms with Gasteiger partial charge >= 0.3 is 12.4 Å². The minimum atomic E-state index is -5.57. The maximum absolute atomic E-state index is 12.3. The van der Waals surface area contributed by atoms with Crippen molar-refractivity contribution in [2.75, 3.05) is 0 Å². The third-order valence-electron chi connectivity index (χ3n) is 2.29. The number of nitrogens with zero attached hydrogens (tertiary/aromatic N) is 3. The first-order valence-corrected chi connectivity index (χ1v) is 4.68. The van der Waals surface area contributed by atoms with Gasteiger partial charge in [-0.25, -0.2) is 4.98 Å². The van der Waals surface area contributed by atoms with Crippen LogP contribution in [0.25, 0.3) is 0 Å². The van der Waals surface area contributed by atoms with Crippen LogP contribution in [0.3, 0.4) is 0 Å². The zero-order chi connectivity index (χ0) is 14.1. The number of alkyl halides is 6. The molecule has 10 heteroatoms. The summed E-state index contributed by atoms with van der Waals surface area (Å²) in [7, 11) is 1.30. The lowest BCUT2D eigenvalue weighted by Crippen LogP contribution is -2.45. The van der Waals surface area contributed by atoms with Gasteiger partial charge in [-0.2, -0.15) is 31.4 Å². The fraction of sp³-hybridized carbons (Fsp3) is 0.750. The zero-order valence-electron chi connectivity index (χ0n) is 9.00. The van der Waals surface area contributed by atoms with E-state index >= 15 is 0 Å². The Morgan fingerprint density at radius 2 is 1.72 bits per heavy atom. The average Bonchev–Trinajstić information content (AvgIpc) is 2.45. The Hall–Kier alpha value is -1.32. The highest BCUT2D eigenvalue weighted by Crippen LogP contribution is 2.41. The number of hydrogen-bond donors (Lipinski definition) is 1. The van der Waals surface area contributed by atoms with E-state index in [1.54, 1.807) is 0 Å². The highest BCUT2D eigenvalue weighted by atomic mass is 19.4. The molecule has 1 aromatic rings. The van der Waals surface area contributed by atoms with Gasteiger partial charge in [-0.3, -0.25) is 4.68 Å². The van der Waals surface area contributed by atoms with E-state index in [1.807, 2.05) is 0 Å². The van der Waals surface area contributed by atoms with E-state index in [0.717, 1.165) is 11.0 Å². The topological polar surface area (TPSA) is 50.9 Å². The molecule has 0 radical (unpaired) electrons. The molecule has 0 aliphatic carbocycles. The molecule has 104 valence electrons. The number of halogens is 6. The Morgan fingerprint density at radius 1 is 1.22 bits per heavy atom. The quantitative estimate of drug-likeness (QED) is 0.851. The van der Waals surface area contributed by atoms with Crippen molar-refractivity contribution in [1.29, 1.82) is 0 Å². The third kappa shape index (κ3) is 3.34. The van der Waals surface area contributed by atoms with Crippen LogP contribution in [-0.2, 0) is 13.5 Å². The molecule has 1 heterocycles. The van der Waals surface area contributed by atoms with Crippen molar-refractivity contribution in [3.05, 3.63) is 12.2 Å². The molecule has 1 unspecified atom stereocenters. The summed E-state index contributed by atoms with van der Waals surface area (Å²) in [4.78, 5) is 3.46. The van der Waals surface area contributed by atoms with Crippen LogP contribution in [0.5, 0.6) is 0 Å². The Bertz CT molecular complexity index is 384. The fourth-order valence-electron chi connectivity index (χ4n) is 1.43. The minimum Gasteiger partial charge on any atom is -0.392 e. The van der Waals surface area contributed by atoms with Crippen LogP contribution in [0.4, 0.5) is 26.3 Å². The van der Waals surface area contributed by atoms with Gasteiger partial charge in [0.05, 0.1) is 6.10 Å². The predicted octanol–water partition coefficient (Wildman–Crippen LogP) is 1.46. The van der Waals surface area contributed by atoms with Gasteiger partial charge in [0.15, 0.2) is 5.92 Å². The summed E-state index contributed by atoms with van der Waals surface area (Å²) in [5.74, 6) is -3.97. The summed E-state index contributed by atoms with van der Waals surface area (Å²) in [5, 5.41) is 12.6. The number of aliphatic hydroxyl groups is 1. The van der Waals surface area contributed by atoms with Crippen LogP contribution >= 0.6 is 0 Å². The zero-order valence-corrected chi connectivity index (χ0v) is 9.00. The SMILES string of the molecule is Cn1ncnc1CC(O)C(C(F)(F)F)C(F)(F)F. The molecule has 0 saturated heterocycles. The standard InChI is InChI=1S/C8H9F6N3O/c1-17-5(15-3-16-17)2-4(18)6(7(9,10)11)8(12,13)14/h3-4,6,18H,2H2,1H3. The monoisotopic (exact) mass is 277 g/mol. The second-order valence-corrected chi connectivity index (χ2v) is 3.63. The molecular formula is C8H9F6N3O. The molecule has 1 N–H and O–H groups in total. The molecule has 0 aliphatic heterocycles. The Kier molecular flexibility index (Phi) is 3.89. The Morgan fingerprint density at radius 3 is 2.06 bits per heavy atom. The Labute approximate surface area is 97.2 Å². The molecule has 0 aliphatic rings. The summed E-state index contributed by atoms with van der Waals surface area (Å²) in [6, 6.07) is 0. The molecule has 0 saturated carbocycles. The number of aliphatic hydroxyl groups excluding tert-OH is 1. The summed E-state index contributed by atoms with van der Waals surface area (Å²) >= 11 is 0. The van der Waals surface area contributed by atoms with Crippen molar-refractivity contribution in [3.8, 4) is 0 Å². The van der Waals surface area contributed by atoms with Gasteiger partial charge in [-0.1, -0.05) is 0 Å². The molecule has 0 aromatic carbocycles. The van der Waals surface area contributed by atoms with Crippen molar-refractivity contribution in [1.82, 2.24) is 14.8 Å². The number of hydrogen-bond acceptors (Lipinski definition) is 3.